The van der Waals surface area contributed by atoms with Gasteiger partial charge in [-0.15, -0.1) is 0 Å². The summed E-state index contributed by atoms with van der Waals surface area (Å²) in [5, 5.41) is 0. The van der Waals surface area contributed by atoms with Crippen molar-refractivity contribution in [2.75, 3.05) is 5.75 Å². The highest BCUT2D eigenvalue weighted by Gasteiger charge is 2.23. The Hall–Kier alpha value is 0.0200. The second kappa shape index (κ2) is 4.02. The van der Waals surface area contributed by atoms with Crippen LogP contribution in [0, 0.1) is 5.41 Å². The van der Waals surface area contributed by atoms with Gasteiger partial charge >= 0.3 is 0 Å². The minimum absolute atomic E-state index is 0.136. The van der Waals surface area contributed by atoms with Crippen LogP contribution >= 0.6 is 12.6 Å². The highest BCUT2D eigenvalue weighted by molar-refractivity contribution is 7.80. The lowest BCUT2D eigenvalue weighted by molar-refractivity contribution is -0.126. The van der Waals surface area contributed by atoms with Crippen LogP contribution in [0.4, 0.5) is 0 Å². The van der Waals surface area contributed by atoms with Crippen molar-refractivity contribution in [3.63, 3.8) is 0 Å². The van der Waals surface area contributed by atoms with Gasteiger partial charge in [0.1, 0.15) is 5.78 Å². The quantitative estimate of drug-likeness (QED) is 0.624. The first-order valence-electron chi connectivity index (χ1n) is 3.68. The molecule has 0 aliphatic carbocycles. The summed E-state index contributed by atoms with van der Waals surface area (Å²) in [6, 6.07) is 0. The molecule has 2 heteroatoms. The van der Waals surface area contributed by atoms with Crippen LogP contribution in [0.5, 0.6) is 0 Å². The zero-order valence-corrected chi connectivity index (χ0v) is 7.87. The number of hydrogen-bond donors (Lipinski definition) is 1. The van der Waals surface area contributed by atoms with Crippen LogP contribution in [0.15, 0.2) is 0 Å². The maximum Gasteiger partial charge on any atom is 0.139 e. The third-order valence-electron chi connectivity index (χ3n) is 1.98. The molecule has 10 heavy (non-hydrogen) atoms. The van der Waals surface area contributed by atoms with Gasteiger partial charge in [-0.05, 0) is 12.2 Å². The van der Waals surface area contributed by atoms with Crippen molar-refractivity contribution >= 4 is 18.4 Å². The zero-order valence-electron chi connectivity index (χ0n) is 6.98. The first-order valence-corrected chi connectivity index (χ1v) is 4.32. The third-order valence-corrected chi connectivity index (χ3v) is 2.20. The van der Waals surface area contributed by atoms with E-state index >= 15 is 0 Å². The molecule has 0 fully saturated rings. The average Bonchev–Trinajstić information content (AvgIpc) is 1.89. The van der Waals surface area contributed by atoms with Gasteiger partial charge in [0, 0.05) is 11.8 Å². The van der Waals surface area contributed by atoms with E-state index in [0.717, 1.165) is 6.42 Å². The van der Waals surface area contributed by atoms with Crippen molar-refractivity contribution in [2.24, 2.45) is 5.41 Å². The Morgan fingerprint density at radius 1 is 1.50 bits per heavy atom. The van der Waals surface area contributed by atoms with Crippen LogP contribution in [0.1, 0.15) is 33.6 Å². The maximum absolute atomic E-state index is 11.2. The highest BCUT2D eigenvalue weighted by Crippen LogP contribution is 2.22. The van der Waals surface area contributed by atoms with Crippen LogP contribution in [0.2, 0.25) is 0 Å². The molecule has 0 spiro atoms. The number of carbonyl (C=O) groups excluding carboxylic acids is 1. The Labute approximate surface area is 68.6 Å². The molecule has 0 aromatic carbocycles. The molecular formula is C8H16OS. The van der Waals surface area contributed by atoms with Gasteiger partial charge in [-0.3, -0.25) is 4.79 Å². The van der Waals surface area contributed by atoms with Crippen LogP contribution in [-0.2, 0) is 4.79 Å². The number of rotatable bonds is 4. The van der Waals surface area contributed by atoms with Crippen LogP contribution in [0.25, 0.3) is 0 Å². The Morgan fingerprint density at radius 3 is 2.30 bits per heavy atom. The number of ketones is 1. The van der Waals surface area contributed by atoms with Crippen LogP contribution < -0.4 is 0 Å². The molecule has 60 valence electrons. The van der Waals surface area contributed by atoms with E-state index in [1.807, 2.05) is 20.8 Å². The standard InChI is InChI=1S/C8H16OS/c1-4-8(2,3)7(9)5-6-10/h10H,4-6H2,1-3H3. The summed E-state index contributed by atoms with van der Waals surface area (Å²) in [6.45, 7) is 6.01. The molecule has 0 saturated heterocycles. The van der Waals surface area contributed by atoms with E-state index in [0.29, 0.717) is 18.0 Å². The molecule has 0 atom stereocenters. The van der Waals surface area contributed by atoms with Crippen molar-refractivity contribution < 1.29 is 4.79 Å². The number of Topliss-reactive ketones (excluding diaryl/α,β-unsaturated/α-hetero) is 1. The molecule has 0 rings (SSSR count). The summed E-state index contributed by atoms with van der Waals surface area (Å²) in [6.07, 6.45) is 1.52. The van der Waals surface area contributed by atoms with Gasteiger partial charge in [0.2, 0.25) is 0 Å². The molecule has 0 aromatic heterocycles. The summed E-state index contributed by atoms with van der Waals surface area (Å²) in [5.74, 6) is 0.993. The third kappa shape index (κ3) is 2.74. The minimum Gasteiger partial charge on any atom is -0.299 e. The first-order chi connectivity index (χ1) is 4.54. The molecule has 0 saturated carbocycles. The van der Waals surface area contributed by atoms with E-state index < -0.39 is 0 Å². The number of hydrogen-bond acceptors (Lipinski definition) is 2. The summed E-state index contributed by atoms with van der Waals surface area (Å²) in [5.41, 5.74) is -0.136. The molecule has 0 heterocycles. The Kier molecular flexibility index (Phi) is 4.02. The van der Waals surface area contributed by atoms with Gasteiger partial charge in [0.25, 0.3) is 0 Å². The van der Waals surface area contributed by atoms with Gasteiger partial charge < -0.3 is 0 Å². The van der Waals surface area contributed by atoms with Crippen LogP contribution in [-0.4, -0.2) is 11.5 Å². The van der Waals surface area contributed by atoms with Crippen molar-refractivity contribution in [1.29, 1.82) is 0 Å². The Morgan fingerprint density at radius 2 is 2.00 bits per heavy atom. The highest BCUT2D eigenvalue weighted by atomic mass is 32.1. The fourth-order valence-corrected chi connectivity index (χ4v) is 0.840. The second-order valence-electron chi connectivity index (χ2n) is 3.13. The number of thiol groups is 1. The molecule has 1 nitrogen and oxygen atoms in total. The fraction of sp³-hybridized carbons (Fsp3) is 0.875. The second-order valence-corrected chi connectivity index (χ2v) is 3.58. The molecule has 0 amide bonds. The molecular weight excluding hydrogens is 144 g/mol. The lowest BCUT2D eigenvalue weighted by atomic mass is 9.84. The van der Waals surface area contributed by atoms with Gasteiger partial charge in [-0.25, -0.2) is 0 Å². The van der Waals surface area contributed by atoms with E-state index in [-0.39, 0.29) is 5.41 Å². The molecule has 0 bridgehead atoms. The Bertz CT molecular complexity index is 118. The molecule has 0 aliphatic rings. The Balaban J connectivity index is 3.91. The predicted octanol–water partition coefficient (Wildman–Crippen LogP) is 2.31. The SMILES string of the molecule is CCC(C)(C)C(=O)CCS. The van der Waals surface area contributed by atoms with E-state index in [1.54, 1.807) is 0 Å². The minimum atomic E-state index is -0.136. The molecule has 0 N–H and O–H groups in total. The average molecular weight is 160 g/mol. The topological polar surface area (TPSA) is 17.1 Å². The predicted molar refractivity (Wildman–Crippen MR) is 47.5 cm³/mol. The van der Waals surface area contributed by atoms with Crippen molar-refractivity contribution in [3.8, 4) is 0 Å². The van der Waals surface area contributed by atoms with Crippen molar-refractivity contribution in [1.82, 2.24) is 0 Å². The summed E-state index contributed by atoms with van der Waals surface area (Å²) < 4.78 is 0. The van der Waals surface area contributed by atoms with E-state index in [1.165, 1.54) is 0 Å². The summed E-state index contributed by atoms with van der Waals surface area (Å²) in [4.78, 5) is 11.2. The van der Waals surface area contributed by atoms with Gasteiger partial charge in [0.15, 0.2) is 0 Å². The van der Waals surface area contributed by atoms with Crippen LogP contribution in [0.3, 0.4) is 0 Å². The maximum atomic E-state index is 11.2. The molecule has 0 radical (unpaired) electrons. The van der Waals surface area contributed by atoms with Gasteiger partial charge in [-0.1, -0.05) is 20.8 Å². The first kappa shape index (κ1) is 10.0. The number of carbonyl (C=O) groups is 1. The summed E-state index contributed by atoms with van der Waals surface area (Å²) >= 11 is 4.01. The zero-order chi connectivity index (χ0) is 8.20. The van der Waals surface area contributed by atoms with Crippen molar-refractivity contribution in [2.45, 2.75) is 33.6 Å². The molecule has 0 aliphatic heterocycles. The van der Waals surface area contributed by atoms with E-state index in [9.17, 15) is 4.79 Å². The van der Waals surface area contributed by atoms with Gasteiger partial charge in [-0.2, -0.15) is 12.6 Å². The normalized spacial score (nSPS) is 11.6. The van der Waals surface area contributed by atoms with Gasteiger partial charge in [0.05, 0.1) is 0 Å². The fourth-order valence-electron chi connectivity index (χ4n) is 0.637. The molecule has 0 unspecified atom stereocenters. The van der Waals surface area contributed by atoms with Crippen molar-refractivity contribution in [3.05, 3.63) is 0 Å². The summed E-state index contributed by atoms with van der Waals surface area (Å²) in [7, 11) is 0. The smallest absolute Gasteiger partial charge is 0.139 e. The van der Waals surface area contributed by atoms with E-state index in [4.69, 9.17) is 0 Å². The molecule has 0 aromatic rings. The lowest BCUT2D eigenvalue weighted by Crippen LogP contribution is -2.23. The largest absolute Gasteiger partial charge is 0.299 e. The lowest BCUT2D eigenvalue weighted by Gasteiger charge is -2.19. The van der Waals surface area contributed by atoms with E-state index in [2.05, 4.69) is 12.6 Å². The monoisotopic (exact) mass is 160 g/mol.